The predicted molar refractivity (Wildman–Crippen MR) is 101 cm³/mol. The monoisotopic (exact) mass is 368 g/mol. The van der Waals surface area contributed by atoms with Crippen molar-refractivity contribution in [1.82, 2.24) is 4.98 Å². The molecule has 0 unspecified atom stereocenters. The molecule has 2 aromatic carbocycles. The van der Waals surface area contributed by atoms with Gasteiger partial charge in [-0.2, -0.15) is 0 Å². The maximum Gasteiger partial charge on any atom is 0.255 e. The molecule has 1 amide bonds. The van der Waals surface area contributed by atoms with Crippen molar-refractivity contribution in [2.75, 3.05) is 12.4 Å². The van der Waals surface area contributed by atoms with E-state index in [1.807, 2.05) is 12.1 Å². The summed E-state index contributed by atoms with van der Waals surface area (Å²) in [5, 5.41) is 3.23. The molecule has 3 rings (SSSR count). The van der Waals surface area contributed by atoms with E-state index >= 15 is 0 Å². The largest absolute Gasteiger partial charge is 0.497 e. The number of rotatable bonds is 6. The molecule has 6 heteroatoms. The predicted octanol–water partition coefficient (Wildman–Crippen LogP) is 4.57. The minimum atomic E-state index is -0.229. The van der Waals surface area contributed by atoms with Crippen LogP contribution in [-0.4, -0.2) is 18.0 Å². The molecule has 1 aromatic heterocycles. The van der Waals surface area contributed by atoms with Crippen molar-refractivity contribution in [1.29, 1.82) is 0 Å². The van der Waals surface area contributed by atoms with Crippen molar-refractivity contribution in [3.8, 4) is 11.5 Å². The smallest absolute Gasteiger partial charge is 0.255 e. The number of nitrogens with one attached hydrogen (secondary N) is 1. The molecule has 0 fully saturated rings. The van der Waals surface area contributed by atoms with Gasteiger partial charge in [0.15, 0.2) is 0 Å². The molecule has 0 atom stereocenters. The molecule has 0 saturated carbocycles. The van der Waals surface area contributed by atoms with E-state index in [4.69, 9.17) is 21.1 Å². The zero-order chi connectivity index (χ0) is 18.4. The van der Waals surface area contributed by atoms with Gasteiger partial charge >= 0.3 is 0 Å². The van der Waals surface area contributed by atoms with E-state index in [0.717, 1.165) is 5.56 Å². The van der Waals surface area contributed by atoms with Crippen LogP contribution in [0.1, 0.15) is 15.9 Å². The van der Waals surface area contributed by atoms with Gasteiger partial charge in [0.2, 0.25) is 0 Å². The van der Waals surface area contributed by atoms with Crippen LogP contribution in [0.25, 0.3) is 0 Å². The number of carbonyl (C=O) groups is 1. The lowest BCUT2D eigenvalue weighted by Crippen LogP contribution is -2.11. The van der Waals surface area contributed by atoms with Crippen LogP contribution in [-0.2, 0) is 6.61 Å². The van der Waals surface area contributed by atoms with Crippen LogP contribution in [0.4, 0.5) is 5.69 Å². The summed E-state index contributed by atoms with van der Waals surface area (Å²) in [7, 11) is 1.58. The summed E-state index contributed by atoms with van der Waals surface area (Å²) < 4.78 is 10.8. The molecule has 0 radical (unpaired) electrons. The maximum absolute atomic E-state index is 12.3. The number of nitrogens with zero attached hydrogens (tertiary/aromatic N) is 1. The van der Waals surface area contributed by atoms with E-state index in [1.54, 1.807) is 62.0 Å². The Balaban J connectivity index is 1.64. The van der Waals surface area contributed by atoms with Gasteiger partial charge in [-0.05, 0) is 48.5 Å². The molecule has 132 valence electrons. The number of hydrogen-bond acceptors (Lipinski definition) is 4. The zero-order valence-electron chi connectivity index (χ0n) is 14.1. The van der Waals surface area contributed by atoms with Gasteiger partial charge in [0.05, 0.1) is 12.1 Å². The van der Waals surface area contributed by atoms with Crippen LogP contribution >= 0.6 is 11.6 Å². The fourth-order valence-electron chi connectivity index (χ4n) is 2.29. The number of pyridine rings is 1. The van der Waals surface area contributed by atoms with Crippen molar-refractivity contribution >= 4 is 23.2 Å². The summed E-state index contributed by atoms with van der Waals surface area (Å²) in [6.07, 6.45) is 3.44. The molecule has 0 aliphatic rings. The molecule has 0 aliphatic carbocycles. The summed E-state index contributed by atoms with van der Waals surface area (Å²) in [5.41, 5.74) is 2.06. The van der Waals surface area contributed by atoms with Gasteiger partial charge in [-0.1, -0.05) is 17.7 Å². The van der Waals surface area contributed by atoms with Crippen molar-refractivity contribution < 1.29 is 14.3 Å². The molecule has 0 spiro atoms. The molecule has 0 aliphatic heterocycles. The van der Waals surface area contributed by atoms with E-state index in [0.29, 0.717) is 34.4 Å². The number of ether oxygens (including phenoxy) is 2. The molecule has 3 aromatic rings. The van der Waals surface area contributed by atoms with Gasteiger partial charge in [-0.25, -0.2) is 0 Å². The molecular formula is C20H17ClN2O3. The van der Waals surface area contributed by atoms with Crippen LogP contribution in [0, 0.1) is 0 Å². The third-order valence-electron chi connectivity index (χ3n) is 3.66. The van der Waals surface area contributed by atoms with Crippen LogP contribution in [0.5, 0.6) is 11.5 Å². The van der Waals surface area contributed by atoms with Gasteiger partial charge in [0.25, 0.3) is 5.91 Å². The Morgan fingerprint density at radius 1 is 1.15 bits per heavy atom. The highest BCUT2D eigenvalue weighted by Crippen LogP contribution is 2.28. The number of hydrogen-bond donors (Lipinski definition) is 1. The van der Waals surface area contributed by atoms with E-state index in [2.05, 4.69) is 10.3 Å². The third-order valence-corrected chi connectivity index (χ3v) is 3.95. The first-order chi connectivity index (χ1) is 12.7. The number of carbonyl (C=O) groups excluding carboxylic acids is 1. The van der Waals surface area contributed by atoms with Gasteiger partial charge < -0.3 is 14.8 Å². The third kappa shape index (κ3) is 4.52. The first-order valence-corrected chi connectivity index (χ1v) is 8.30. The molecule has 0 bridgehead atoms. The van der Waals surface area contributed by atoms with Gasteiger partial charge in [-0.15, -0.1) is 0 Å². The Morgan fingerprint density at radius 3 is 2.62 bits per heavy atom. The Kier molecular flexibility index (Phi) is 5.71. The van der Waals surface area contributed by atoms with E-state index in [9.17, 15) is 4.79 Å². The van der Waals surface area contributed by atoms with Crippen LogP contribution in [0.15, 0.2) is 67.0 Å². The fraction of sp³-hybridized carbons (Fsp3) is 0.100. The Labute approximate surface area is 156 Å². The number of amides is 1. The van der Waals surface area contributed by atoms with Crippen LogP contribution in [0.3, 0.4) is 0 Å². The lowest BCUT2D eigenvalue weighted by atomic mass is 10.2. The summed E-state index contributed by atoms with van der Waals surface area (Å²) >= 11 is 6.26. The highest BCUT2D eigenvalue weighted by atomic mass is 35.5. The molecule has 26 heavy (non-hydrogen) atoms. The van der Waals surface area contributed by atoms with E-state index in [-0.39, 0.29) is 5.91 Å². The number of benzene rings is 2. The molecule has 1 heterocycles. The van der Waals surface area contributed by atoms with Crippen molar-refractivity contribution in [2.45, 2.75) is 6.61 Å². The number of halogens is 1. The minimum absolute atomic E-state index is 0.229. The number of aromatic nitrogens is 1. The fourth-order valence-corrected chi connectivity index (χ4v) is 2.52. The van der Waals surface area contributed by atoms with Crippen molar-refractivity contribution in [2.24, 2.45) is 0 Å². The molecule has 1 N–H and O–H groups in total. The highest BCUT2D eigenvalue weighted by Gasteiger charge is 2.09. The average molecular weight is 369 g/mol. The second-order valence-corrected chi connectivity index (χ2v) is 5.88. The summed E-state index contributed by atoms with van der Waals surface area (Å²) in [6.45, 7) is 0.366. The Morgan fingerprint density at radius 2 is 1.96 bits per heavy atom. The first-order valence-electron chi connectivity index (χ1n) is 7.92. The lowest BCUT2D eigenvalue weighted by molar-refractivity contribution is 0.102. The number of methoxy groups -OCH3 is 1. The average Bonchev–Trinajstić information content (AvgIpc) is 2.68. The van der Waals surface area contributed by atoms with Gasteiger partial charge in [-0.3, -0.25) is 9.78 Å². The van der Waals surface area contributed by atoms with Crippen molar-refractivity contribution in [3.63, 3.8) is 0 Å². The normalized spacial score (nSPS) is 10.2. The Bertz CT molecular complexity index is 883. The summed E-state index contributed by atoms with van der Waals surface area (Å²) in [4.78, 5) is 16.3. The first kappa shape index (κ1) is 17.8. The van der Waals surface area contributed by atoms with Crippen LogP contribution in [0.2, 0.25) is 5.02 Å². The SMILES string of the molecule is COc1ccc(C(=O)Nc2ccc(OCc3cccnc3)c(Cl)c2)cc1. The van der Waals surface area contributed by atoms with E-state index in [1.165, 1.54) is 0 Å². The van der Waals surface area contributed by atoms with Gasteiger partial charge in [0.1, 0.15) is 18.1 Å². The second-order valence-electron chi connectivity index (χ2n) is 5.48. The lowest BCUT2D eigenvalue weighted by Gasteiger charge is -2.11. The Hall–Kier alpha value is -3.05. The molecule has 5 nitrogen and oxygen atoms in total. The molecule has 0 saturated heterocycles. The standard InChI is InChI=1S/C20H17ClN2O3/c1-25-17-7-4-15(5-8-17)20(24)23-16-6-9-19(18(21)11-16)26-13-14-3-2-10-22-12-14/h2-12H,13H2,1H3,(H,23,24). The maximum atomic E-state index is 12.3. The summed E-state index contributed by atoms with van der Waals surface area (Å²) in [5.74, 6) is 1.01. The highest BCUT2D eigenvalue weighted by molar-refractivity contribution is 6.32. The van der Waals surface area contributed by atoms with Crippen molar-refractivity contribution in [3.05, 3.63) is 83.1 Å². The minimum Gasteiger partial charge on any atom is -0.497 e. The second kappa shape index (κ2) is 8.36. The van der Waals surface area contributed by atoms with E-state index < -0.39 is 0 Å². The quantitative estimate of drug-likeness (QED) is 0.692. The number of anilines is 1. The zero-order valence-corrected chi connectivity index (χ0v) is 14.9. The van der Waals surface area contributed by atoms with Gasteiger partial charge in [0, 0.05) is 29.2 Å². The molecular weight excluding hydrogens is 352 g/mol. The topological polar surface area (TPSA) is 60.5 Å². The summed E-state index contributed by atoms with van der Waals surface area (Å²) in [6, 6.07) is 15.7. The van der Waals surface area contributed by atoms with Crippen LogP contribution < -0.4 is 14.8 Å².